The van der Waals surface area contributed by atoms with Gasteiger partial charge < -0.3 is 0 Å². The lowest BCUT2D eigenvalue weighted by molar-refractivity contribution is -0.119. The number of hydrogen-bond donors (Lipinski definition) is 1. The van der Waals surface area contributed by atoms with Crippen LogP contribution in [0.5, 0.6) is 0 Å². The molecule has 0 saturated heterocycles. The molecule has 34 heavy (non-hydrogen) atoms. The molecule has 1 aromatic rings. The monoisotopic (exact) mass is 481 g/mol. The van der Waals surface area contributed by atoms with E-state index in [0.717, 1.165) is 44.1 Å². The Kier molecular flexibility index (Phi) is 15.8. The Bertz CT molecular complexity index is 979. The van der Waals surface area contributed by atoms with Gasteiger partial charge >= 0.3 is 0 Å². The number of nitrogens with one attached hydrogen (secondary N) is 1. The van der Waals surface area contributed by atoms with Gasteiger partial charge in [-0.15, -0.1) is 0 Å². The van der Waals surface area contributed by atoms with Crippen molar-refractivity contribution in [2.45, 2.75) is 70.1 Å². The van der Waals surface area contributed by atoms with Gasteiger partial charge in [0.05, 0.1) is 4.90 Å². The highest BCUT2D eigenvalue weighted by atomic mass is 32.2. The van der Waals surface area contributed by atoms with Crippen LogP contribution >= 0.6 is 0 Å². The first-order valence-electron chi connectivity index (χ1n) is 12.0. The van der Waals surface area contributed by atoms with Crippen LogP contribution in [0.3, 0.4) is 0 Å². The molecule has 1 N–H and O–H groups in total. The van der Waals surface area contributed by atoms with Crippen molar-refractivity contribution in [3.63, 3.8) is 0 Å². The molecule has 0 bridgehead atoms. The molecule has 1 amide bonds. The number of benzene rings is 1. The first-order chi connectivity index (χ1) is 16.5. The molecule has 4 nitrogen and oxygen atoms in total. The molecule has 184 valence electrons. The first kappa shape index (κ1) is 29.1. The summed E-state index contributed by atoms with van der Waals surface area (Å²) in [6.45, 7) is 4.02. The minimum atomic E-state index is -3.80. The topological polar surface area (TPSA) is 63.2 Å². The van der Waals surface area contributed by atoms with Gasteiger partial charge in [0.2, 0.25) is 5.91 Å². The van der Waals surface area contributed by atoms with E-state index in [1.807, 2.05) is 19.1 Å². The van der Waals surface area contributed by atoms with Crippen molar-refractivity contribution in [3.05, 3.63) is 103 Å². The lowest BCUT2D eigenvalue weighted by Crippen LogP contribution is -2.30. The van der Waals surface area contributed by atoms with Crippen molar-refractivity contribution < 1.29 is 13.2 Å². The molecule has 5 heteroatoms. The van der Waals surface area contributed by atoms with Crippen molar-refractivity contribution in [3.8, 4) is 0 Å². The van der Waals surface area contributed by atoms with Gasteiger partial charge in [0.1, 0.15) is 0 Å². The molecule has 0 unspecified atom stereocenters. The summed E-state index contributed by atoms with van der Waals surface area (Å²) in [7, 11) is -3.80. The molecule has 0 atom stereocenters. The number of hydrogen-bond acceptors (Lipinski definition) is 3. The average molecular weight is 482 g/mol. The van der Waals surface area contributed by atoms with E-state index < -0.39 is 15.9 Å². The van der Waals surface area contributed by atoms with Crippen molar-refractivity contribution in [1.29, 1.82) is 0 Å². The molecule has 0 saturated carbocycles. The van der Waals surface area contributed by atoms with E-state index in [1.54, 1.807) is 12.1 Å². The molecule has 0 aromatic heterocycles. The number of carbonyl (C=O) groups excluding carboxylic acids is 1. The largest absolute Gasteiger partial charge is 0.274 e. The van der Waals surface area contributed by atoms with Crippen molar-refractivity contribution >= 4 is 15.9 Å². The summed E-state index contributed by atoms with van der Waals surface area (Å²) in [5.41, 5.74) is 0.961. The van der Waals surface area contributed by atoms with E-state index in [4.69, 9.17) is 0 Å². The van der Waals surface area contributed by atoms with Crippen LogP contribution in [0, 0.1) is 6.92 Å². The van der Waals surface area contributed by atoms with Crippen LogP contribution in [0.4, 0.5) is 0 Å². The van der Waals surface area contributed by atoms with Crippen LogP contribution < -0.4 is 4.72 Å². The van der Waals surface area contributed by atoms with Crippen LogP contribution in [0.25, 0.3) is 0 Å². The Morgan fingerprint density at radius 3 is 1.56 bits per heavy atom. The molecule has 0 aliphatic rings. The molecule has 0 heterocycles. The van der Waals surface area contributed by atoms with Gasteiger partial charge in [0, 0.05) is 6.42 Å². The fourth-order valence-corrected chi connectivity index (χ4v) is 3.85. The maximum absolute atomic E-state index is 12.2. The molecule has 0 aliphatic heterocycles. The van der Waals surface area contributed by atoms with Gasteiger partial charge in [-0.1, -0.05) is 97.5 Å². The summed E-state index contributed by atoms with van der Waals surface area (Å²) in [6.07, 6.45) is 31.8. The molecular formula is C29H39NO3S. The lowest BCUT2D eigenvalue weighted by atomic mass is 10.2. The number of aryl methyl sites for hydroxylation is 1. The van der Waals surface area contributed by atoms with Crippen LogP contribution in [0.1, 0.15) is 63.9 Å². The van der Waals surface area contributed by atoms with Gasteiger partial charge in [0.25, 0.3) is 10.0 Å². The fourth-order valence-electron chi connectivity index (χ4n) is 2.83. The summed E-state index contributed by atoms with van der Waals surface area (Å²) in [5.74, 6) is -0.500. The smallest absolute Gasteiger partial charge is 0.264 e. The predicted molar refractivity (Wildman–Crippen MR) is 144 cm³/mol. The second-order valence-corrected chi connectivity index (χ2v) is 9.48. The molecule has 1 rings (SSSR count). The van der Waals surface area contributed by atoms with Gasteiger partial charge in [-0.05, 0) is 64.0 Å². The maximum Gasteiger partial charge on any atom is 0.264 e. The summed E-state index contributed by atoms with van der Waals surface area (Å²) in [6, 6.07) is 6.40. The molecule has 0 fully saturated rings. The lowest BCUT2D eigenvalue weighted by Gasteiger charge is -2.06. The van der Waals surface area contributed by atoms with Crippen molar-refractivity contribution in [1.82, 2.24) is 4.72 Å². The number of amides is 1. The Morgan fingerprint density at radius 1 is 0.706 bits per heavy atom. The van der Waals surface area contributed by atoms with Gasteiger partial charge in [-0.25, -0.2) is 13.1 Å². The van der Waals surface area contributed by atoms with Crippen molar-refractivity contribution in [2.75, 3.05) is 0 Å². The normalized spacial score (nSPS) is 13.0. The molecule has 1 aromatic carbocycles. The number of carbonyl (C=O) groups is 1. The average Bonchev–Trinajstić information content (AvgIpc) is 2.80. The number of allylic oxidation sites excluding steroid dienone is 12. The highest BCUT2D eigenvalue weighted by molar-refractivity contribution is 7.90. The SMILES string of the molecule is CC/C=C\C/C=C\C/C=C\C/C=C\C/C=C\C/C=C\CCC(=O)NS(=O)(=O)c1ccc(C)cc1. The zero-order valence-corrected chi connectivity index (χ0v) is 21.3. The van der Waals surface area contributed by atoms with Crippen LogP contribution in [-0.4, -0.2) is 14.3 Å². The van der Waals surface area contributed by atoms with E-state index in [1.165, 1.54) is 12.1 Å². The van der Waals surface area contributed by atoms with E-state index in [2.05, 4.69) is 72.4 Å². The summed E-state index contributed by atoms with van der Waals surface area (Å²) < 4.78 is 26.5. The third-order valence-electron chi connectivity index (χ3n) is 4.71. The van der Waals surface area contributed by atoms with E-state index in [0.29, 0.717) is 6.42 Å². The summed E-state index contributed by atoms with van der Waals surface area (Å²) in [5, 5.41) is 0. The second kappa shape index (κ2) is 18.5. The van der Waals surface area contributed by atoms with Crippen LogP contribution in [0.2, 0.25) is 0 Å². The van der Waals surface area contributed by atoms with E-state index in [-0.39, 0.29) is 11.3 Å². The predicted octanol–water partition coefficient (Wildman–Crippen LogP) is 7.28. The fraction of sp³-hybridized carbons (Fsp3) is 0.345. The Labute approximate surface area is 206 Å². The zero-order chi connectivity index (χ0) is 24.9. The minimum absolute atomic E-state index is 0.0976. The van der Waals surface area contributed by atoms with E-state index in [9.17, 15) is 13.2 Å². The van der Waals surface area contributed by atoms with Gasteiger partial charge in [-0.2, -0.15) is 0 Å². The Morgan fingerprint density at radius 2 is 1.12 bits per heavy atom. The van der Waals surface area contributed by atoms with Gasteiger partial charge in [-0.3, -0.25) is 4.79 Å². The molecular weight excluding hydrogens is 442 g/mol. The highest BCUT2D eigenvalue weighted by Crippen LogP contribution is 2.10. The zero-order valence-electron chi connectivity index (χ0n) is 20.5. The summed E-state index contributed by atoms with van der Waals surface area (Å²) in [4.78, 5) is 12.0. The van der Waals surface area contributed by atoms with Gasteiger partial charge in [0.15, 0.2) is 0 Å². The minimum Gasteiger partial charge on any atom is -0.274 e. The van der Waals surface area contributed by atoms with E-state index >= 15 is 0 Å². The number of sulfonamides is 1. The quantitative estimate of drug-likeness (QED) is 0.252. The molecule has 0 aliphatic carbocycles. The van der Waals surface area contributed by atoms with Crippen LogP contribution in [0.15, 0.2) is 102 Å². The third kappa shape index (κ3) is 15.0. The second-order valence-electron chi connectivity index (χ2n) is 7.80. The highest BCUT2D eigenvalue weighted by Gasteiger charge is 2.16. The standard InChI is InChI=1S/C29H39NO3S/c1-3-4-5-6-7-8-9-10-11-12-13-14-15-16-17-18-19-20-21-22-29(31)30-34(32,33)28-25-23-27(2)24-26-28/h4-5,7-8,10-11,13-14,16-17,19-20,23-26H,3,6,9,12,15,18,21-22H2,1-2H3,(H,30,31)/b5-4-,8-7-,11-10-,14-13-,17-16-,20-19-. The summed E-state index contributed by atoms with van der Waals surface area (Å²) >= 11 is 0. The molecule has 0 radical (unpaired) electrons. The third-order valence-corrected chi connectivity index (χ3v) is 6.10. The number of rotatable bonds is 16. The van der Waals surface area contributed by atoms with Crippen LogP contribution in [-0.2, 0) is 14.8 Å². The maximum atomic E-state index is 12.2. The molecule has 0 spiro atoms. The Balaban J connectivity index is 2.11. The Hall–Kier alpha value is -2.92. The first-order valence-corrected chi connectivity index (χ1v) is 13.5. The van der Waals surface area contributed by atoms with Crippen molar-refractivity contribution in [2.24, 2.45) is 0 Å².